The largest absolute Gasteiger partial charge is 0.493 e. The van der Waals surface area contributed by atoms with Gasteiger partial charge in [0, 0.05) is 17.3 Å². The molecule has 0 unspecified atom stereocenters. The van der Waals surface area contributed by atoms with E-state index < -0.39 is 0 Å². The molecule has 0 aliphatic heterocycles. The van der Waals surface area contributed by atoms with E-state index in [1.54, 1.807) is 42.5 Å². The van der Waals surface area contributed by atoms with Crippen LogP contribution in [-0.4, -0.2) is 29.6 Å². The van der Waals surface area contributed by atoms with Gasteiger partial charge in [-0.3, -0.25) is 14.9 Å². The SMILES string of the molecule is CCCOc1ccccc1C(=O)NC(=S)Nc1ccc(C(=O)NC(C)C)cc1. The number of rotatable bonds is 7. The molecule has 0 fully saturated rings. The molecule has 2 amide bonds. The van der Waals surface area contributed by atoms with Gasteiger partial charge in [-0.1, -0.05) is 19.1 Å². The third-order valence-electron chi connectivity index (χ3n) is 3.65. The molecule has 0 heterocycles. The van der Waals surface area contributed by atoms with Crippen LogP contribution < -0.4 is 20.7 Å². The number of nitrogens with one attached hydrogen (secondary N) is 3. The van der Waals surface area contributed by atoms with Crippen LogP contribution in [0.1, 0.15) is 47.9 Å². The lowest BCUT2D eigenvalue weighted by Gasteiger charge is -2.13. The van der Waals surface area contributed by atoms with Crippen molar-refractivity contribution < 1.29 is 14.3 Å². The second kappa shape index (κ2) is 10.4. The number of amides is 2. The van der Waals surface area contributed by atoms with E-state index in [9.17, 15) is 9.59 Å². The molecule has 7 heteroatoms. The quantitative estimate of drug-likeness (QED) is 0.618. The summed E-state index contributed by atoms with van der Waals surface area (Å²) in [5, 5.41) is 8.58. The van der Waals surface area contributed by atoms with Crippen LogP contribution in [0.3, 0.4) is 0 Å². The first-order valence-corrected chi connectivity index (χ1v) is 9.56. The predicted molar refractivity (Wildman–Crippen MR) is 115 cm³/mol. The molecule has 0 aliphatic rings. The molecule has 0 spiro atoms. The zero-order valence-electron chi connectivity index (χ0n) is 16.2. The fourth-order valence-corrected chi connectivity index (χ4v) is 2.59. The van der Waals surface area contributed by atoms with E-state index >= 15 is 0 Å². The summed E-state index contributed by atoms with van der Waals surface area (Å²) in [7, 11) is 0. The van der Waals surface area contributed by atoms with Crippen LogP contribution in [-0.2, 0) is 0 Å². The van der Waals surface area contributed by atoms with Crippen LogP contribution in [0.5, 0.6) is 5.75 Å². The van der Waals surface area contributed by atoms with Crippen molar-refractivity contribution in [1.82, 2.24) is 10.6 Å². The number of benzene rings is 2. The summed E-state index contributed by atoms with van der Waals surface area (Å²) < 4.78 is 5.61. The lowest BCUT2D eigenvalue weighted by molar-refractivity contribution is 0.0941. The highest BCUT2D eigenvalue weighted by atomic mass is 32.1. The van der Waals surface area contributed by atoms with E-state index in [1.165, 1.54) is 0 Å². The second-order valence-electron chi connectivity index (χ2n) is 6.46. The summed E-state index contributed by atoms with van der Waals surface area (Å²) in [6.45, 7) is 6.34. The first kappa shape index (κ1) is 21.4. The van der Waals surface area contributed by atoms with E-state index in [4.69, 9.17) is 17.0 Å². The van der Waals surface area contributed by atoms with Gasteiger partial charge in [0.15, 0.2) is 5.11 Å². The molecule has 0 saturated carbocycles. The average Bonchev–Trinajstić information content (AvgIpc) is 2.66. The van der Waals surface area contributed by atoms with Crippen molar-refractivity contribution >= 4 is 34.8 Å². The van der Waals surface area contributed by atoms with E-state index in [0.29, 0.717) is 29.2 Å². The van der Waals surface area contributed by atoms with E-state index in [1.807, 2.05) is 26.8 Å². The second-order valence-corrected chi connectivity index (χ2v) is 6.87. The van der Waals surface area contributed by atoms with E-state index in [2.05, 4.69) is 16.0 Å². The number of carbonyl (C=O) groups excluding carboxylic acids is 2. The van der Waals surface area contributed by atoms with Gasteiger partial charge in [-0.25, -0.2) is 0 Å². The monoisotopic (exact) mass is 399 g/mol. The lowest BCUT2D eigenvalue weighted by Crippen LogP contribution is -2.34. The third kappa shape index (κ3) is 6.35. The zero-order chi connectivity index (χ0) is 20.5. The number of hydrogen-bond acceptors (Lipinski definition) is 4. The topological polar surface area (TPSA) is 79.5 Å². The van der Waals surface area contributed by atoms with Crippen LogP contribution >= 0.6 is 12.2 Å². The normalized spacial score (nSPS) is 10.3. The molecule has 3 N–H and O–H groups in total. The summed E-state index contributed by atoms with van der Waals surface area (Å²) in [6, 6.07) is 13.9. The van der Waals surface area contributed by atoms with Crippen molar-refractivity contribution in [3.63, 3.8) is 0 Å². The van der Waals surface area contributed by atoms with Gasteiger partial charge in [-0.05, 0) is 68.9 Å². The maximum Gasteiger partial charge on any atom is 0.261 e. The molecular weight excluding hydrogens is 374 g/mol. The first-order valence-electron chi connectivity index (χ1n) is 9.15. The Balaban J connectivity index is 1.97. The van der Waals surface area contributed by atoms with Gasteiger partial charge in [0.1, 0.15) is 5.75 Å². The first-order chi connectivity index (χ1) is 13.4. The Kier molecular flexibility index (Phi) is 7.95. The molecule has 0 atom stereocenters. The Morgan fingerprint density at radius 1 is 1.04 bits per heavy atom. The van der Waals surface area contributed by atoms with Crippen LogP contribution in [0.4, 0.5) is 5.69 Å². The van der Waals surface area contributed by atoms with Crippen molar-refractivity contribution in [3.05, 3.63) is 59.7 Å². The van der Waals surface area contributed by atoms with Crippen LogP contribution in [0.25, 0.3) is 0 Å². The summed E-state index contributed by atoms with van der Waals surface area (Å²) in [6.07, 6.45) is 0.848. The predicted octanol–water partition coefficient (Wildman–Crippen LogP) is 3.74. The molecule has 0 aromatic heterocycles. The van der Waals surface area contributed by atoms with Crippen molar-refractivity contribution in [2.45, 2.75) is 33.2 Å². The minimum atomic E-state index is -0.350. The fourth-order valence-electron chi connectivity index (χ4n) is 2.38. The summed E-state index contributed by atoms with van der Waals surface area (Å²) in [5.74, 6) is 0.0309. The molecule has 0 bridgehead atoms. The van der Waals surface area contributed by atoms with Gasteiger partial charge in [0.05, 0.1) is 12.2 Å². The zero-order valence-corrected chi connectivity index (χ0v) is 17.1. The Morgan fingerprint density at radius 2 is 1.71 bits per heavy atom. The minimum absolute atomic E-state index is 0.0669. The van der Waals surface area contributed by atoms with Gasteiger partial charge in [-0.15, -0.1) is 0 Å². The summed E-state index contributed by atoms with van der Waals surface area (Å²) in [4.78, 5) is 24.5. The number of anilines is 1. The molecular formula is C21H25N3O3S. The fraction of sp³-hybridized carbons (Fsp3) is 0.286. The molecule has 0 saturated heterocycles. The van der Waals surface area contributed by atoms with E-state index in [0.717, 1.165) is 6.42 Å². The molecule has 2 aromatic carbocycles. The maximum absolute atomic E-state index is 12.5. The highest BCUT2D eigenvalue weighted by Gasteiger charge is 2.14. The minimum Gasteiger partial charge on any atom is -0.493 e. The Morgan fingerprint density at radius 3 is 2.36 bits per heavy atom. The van der Waals surface area contributed by atoms with Crippen molar-refractivity contribution in [2.24, 2.45) is 0 Å². The molecule has 28 heavy (non-hydrogen) atoms. The molecule has 148 valence electrons. The molecule has 2 rings (SSSR count). The number of hydrogen-bond donors (Lipinski definition) is 3. The third-order valence-corrected chi connectivity index (χ3v) is 3.85. The van der Waals surface area contributed by atoms with Gasteiger partial charge in [-0.2, -0.15) is 0 Å². The summed E-state index contributed by atoms with van der Waals surface area (Å²) >= 11 is 5.22. The highest BCUT2D eigenvalue weighted by molar-refractivity contribution is 7.80. The lowest BCUT2D eigenvalue weighted by atomic mass is 10.2. The average molecular weight is 400 g/mol. The number of ether oxygens (including phenoxy) is 1. The van der Waals surface area contributed by atoms with Crippen molar-refractivity contribution in [1.29, 1.82) is 0 Å². The number of thiocarbonyl (C=S) groups is 1. The van der Waals surface area contributed by atoms with E-state index in [-0.39, 0.29) is 23.0 Å². The number of para-hydroxylation sites is 1. The Hall–Kier alpha value is -2.93. The standard InChI is InChI=1S/C21H25N3O3S/c1-4-13-27-18-8-6-5-7-17(18)20(26)24-21(28)23-16-11-9-15(10-12-16)19(25)22-14(2)3/h5-12,14H,4,13H2,1-3H3,(H,22,25)(H2,23,24,26,28). The smallest absolute Gasteiger partial charge is 0.261 e. The molecule has 2 aromatic rings. The van der Waals surface area contributed by atoms with Gasteiger partial charge in [0.25, 0.3) is 11.8 Å². The highest BCUT2D eigenvalue weighted by Crippen LogP contribution is 2.18. The van der Waals surface area contributed by atoms with Crippen molar-refractivity contribution in [3.8, 4) is 5.75 Å². The van der Waals surface area contributed by atoms with Crippen LogP contribution in [0, 0.1) is 0 Å². The Labute approximate surface area is 170 Å². The van der Waals surface area contributed by atoms with Gasteiger partial charge < -0.3 is 15.4 Å². The maximum atomic E-state index is 12.5. The van der Waals surface area contributed by atoms with Gasteiger partial charge >= 0.3 is 0 Å². The molecule has 6 nitrogen and oxygen atoms in total. The van der Waals surface area contributed by atoms with Crippen LogP contribution in [0.2, 0.25) is 0 Å². The molecule has 0 aliphatic carbocycles. The summed E-state index contributed by atoms with van der Waals surface area (Å²) in [5.41, 5.74) is 1.64. The Bertz CT molecular complexity index is 835. The number of carbonyl (C=O) groups is 2. The molecule has 0 radical (unpaired) electrons. The van der Waals surface area contributed by atoms with Crippen LogP contribution in [0.15, 0.2) is 48.5 Å². The van der Waals surface area contributed by atoms with Gasteiger partial charge in [0.2, 0.25) is 0 Å². The van der Waals surface area contributed by atoms with Crippen molar-refractivity contribution in [2.75, 3.05) is 11.9 Å².